The van der Waals surface area contributed by atoms with Crippen LogP contribution in [0.1, 0.15) is 44.0 Å². The number of hydrogen-bond acceptors (Lipinski definition) is 6. The van der Waals surface area contributed by atoms with Crippen LogP contribution in [0.25, 0.3) is 0 Å². The number of aromatic nitrogens is 2. The molecule has 3 heterocycles. The van der Waals surface area contributed by atoms with Crippen LogP contribution in [0.5, 0.6) is 0 Å². The molecule has 0 radical (unpaired) electrons. The minimum Gasteiger partial charge on any atom is -0.351 e. The van der Waals surface area contributed by atoms with E-state index in [9.17, 15) is 9.59 Å². The fourth-order valence-corrected chi connectivity index (χ4v) is 3.13. The summed E-state index contributed by atoms with van der Waals surface area (Å²) in [5.74, 6) is 0.263. The van der Waals surface area contributed by atoms with Gasteiger partial charge in [-0.25, -0.2) is 4.98 Å². The van der Waals surface area contributed by atoms with E-state index in [1.165, 1.54) is 0 Å². The number of rotatable bonds is 3. The second-order valence-corrected chi connectivity index (χ2v) is 6.72. The number of aryl methyl sites for hydroxylation is 2. The van der Waals surface area contributed by atoms with Crippen LogP contribution in [0.3, 0.4) is 0 Å². The summed E-state index contributed by atoms with van der Waals surface area (Å²) in [6.07, 6.45) is -0.351. The van der Waals surface area contributed by atoms with Crippen LogP contribution in [0.4, 0.5) is 11.5 Å². The quantitative estimate of drug-likeness (QED) is 0.728. The number of anilines is 2. The van der Waals surface area contributed by atoms with Crippen molar-refractivity contribution >= 4 is 23.3 Å². The van der Waals surface area contributed by atoms with Gasteiger partial charge < -0.3 is 20.1 Å². The Bertz CT molecular complexity index is 1060. The number of nitrogens with zero attached hydrogens (tertiary/aromatic N) is 3. The molecule has 1 atom stereocenters. The summed E-state index contributed by atoms with van der Waals surface area (Å²) in [6, 6.07) is 12.4. The minimum atomic E-state index is -0.370. The van der Waals surface area contributed by atoms with Crippen molar-refractivity contribution in [3.8, 4) is 0 Å². The molecule has 0 unspecified atom stereocenters. The van der Waals surface area contributed by atoms with E-state index in [0.29, 0.717) is 22.8 Å². The van der Waals surface area contributed by atoms with Crippen molar-refractivity contribution in [2.75, 3.05) is 17.3 Å². The van der Waals surface area contributed by atoms with E-state index in [4.69, 9.17) is 4.52 Å². The van der Waals surface area contributed by atoms with Crippen molar-refractivity contribution in [1.29, 1.82) is 0 Å². The molecule has 2 amide bonds. The molecule has 8 heteroatoms. The molecular formula is C20H19N5O3. The Kier molecular flexibility index (Phi) is 4.31. The van der Waals surface area contributed by atoms with Crippen LogP contribution in [-0.2, 0) is 0 Å². The second-order valence-electron chi connectivity index (χ2n) is 6.72. The summed E-state index contributed by atoms with van der Waals surface area (Å²) < 4.78 is 4.96. The Morgan fingerprint density at radius 1 is 1.14 bits per heavy atom. The Morgan fingerprint density at radius 3 is 2.57 bits per heavy atom. The summed E-state index contributed by atoms with van der Waals surface area (Å²) in [5, 5.41) is 9.45. The van der Waals surface area contributed by atoms with Crippen molar-refractivity contribution < 1.29 is 14.1 Å². The highest BCUT2D eigenvalue weighted by Crippen LogP contribution is 2.30. The lowest BCUT2D eigenvalue weighted by Gasteiger charge is -2.35. The van der Waals surface area contributed by atoms with Gasteiger partial charge in [0.05, 0.1) is 11.3 Å². The topological polar surface area (TPSA) is 100 Å². The molecule has 28 heavy (non-hydrogen) atoms. The van der Waals surface area contributed by atoms with E-state index in [2.05, 4.69) is 20.8 Å². The molecule has 1 aromatic carbocycles. The zero-order chi connectivity index (χ0) is 19.8. The maximum Gasteiger partial charge on any atom is 0.294 e. The molecular weight excluding hydrogens is 358 g/mol. The highest BCUT2D eigenvalue weighted by atomic mass is 16.5. The molecule has 2 aromatic heterocycles. The molecule has 4 rings (SSSR count). The molecule has 1 aliphatic rings. The van der Waals surface area contributed by atoms with E-state index in [1.807, 2.05) is 37.1 Å². The van der Waals surface area contributed by atoms with Gasteiger partial charge in [0, 0.05) is 24.5 Å². The number of fused-ring (bicyclic) bond motifs is 1. The Balaban J connectivity index is 1.54. The van der Waals surface area contributed by atoms with Crippen molar-refractivity contribution in [3.63, 3.8) is 0 Å². The van der Waals surface area contributed by atoms with Crippen LogP contribution >= 0.6 is 0 Å². The van der Waals surface area contributed by atoms with Gasteiger partial charge in [-0.3, -0.25) is 9.59 Å². The summed E-state index contributed by atoms with van der Waals surface area (Å²) >= 11 is 0. The van der Waals surface area contributed by atoms with Gasteiger partial charge in [-0.15, -0.1) is 0 Å². The van der Waals surface area contributed by atoms with Crippen molar-refractivity contribution in [2.24, 2.45) is 0 Å². The molecule has 3 aromatic rings. The van der Waals surface area contributed by atoms with E-state index >= 15 is 0 Å². The predicted molar refractivity (Wildman–Crippen MR) is 103 cm³/mol. The van der Waals surface area contributed by atoms with Crippen LogP contribution in [-0.4, -0.2) is 29.0 Å². The Hall–Kier alpha value is -3.68. The summed E-state index contributed by atoms with van der Waals surface area (Å²) in [7, 11) is 1.89. The fourth-order valence-electron chi connectivity index (χ4n) is 3.13. The van der Waals surface area contributed by atoms with Crippen molar-refractivity contribution in [3.05, 3.63) is 70.7 Å². The van der Waals surface area contributed by atoms with Crippen molar-refractivity contribution in [1.82, 2.24) is 15.5 Å². The number of carbonyl (C=O) groups is 2. The van der Waals surface area contributed by atoms with E-state index in [0.717, 1.165) is 11.3 Å². The van der Waals surface area contributed by atoms with Gasteiger partial charge >= 0.3 is 0 Å². The number of carbonyl (C=O) groups excluding carboxylic acids is 2. The largest absolute Gasteiger partial charge is 0.351 e. The van der Waals surface area contributed by atoms with Gasteiger partial charge in [0.1, 0.15) is 12.0 Å². The second kappa shape index (κ2) is 6.80. The van der Waals surface area contributed by atoms with Gasteiger partial charge in [-0.05, 0) is 43.7 Å². The first kappa shape index (κ1) is 17.7. The monoisotopic (exact) mass is 377 g/mol. The molecule has 2 N–H and O–H groups in total. The third kappa shape index (κ3) is 3.20. The summed E-state index contributed by atoms with van der Waals surface area (Å²) in [5.41, 5.74) is 3.52. The Morgan fingerprint density at radius 2 is 1.89 bits per heavy atom. The molecule has 0 saturated heterocycles. The maximum absolute atomic E-state index is 12.4. The normalized spacial score (nSPS) is 15.8. The lowest BCUT2D eigenvalue weighted by molar-refractivity contribution is 0.0926. The number of pyridine rings is 1. The summed E-state index contributed by atoms with van der Waals surface area (Å²) in [4.78, 5) is 31.0. The zero-order valence-electron chi connectivity index (χ0n) is 15.7. The molecule has 0 fully saturated rings. The van der Waals surface area contributed by atoms with E-state index in [1.54, 1.807) is 31.2 Å². The first-order chi connectivity index (χ1) is 13.4. The standard InChI is InChI=1S/C20H19N5O3/c1-11-4-9-15-18(21-11)25(3)17(23-19(15)26)13-5-7-14(8-6-13)22-20(27)16-10-12(2)24-28-16/h4-10,17H,1-3H3,(H,22,27)(H,23,26)/t17-/m0/s1. The molecule has 0 saturated carbocycles. The molecule has 0 aliphatic carbocycles. The third-order valence-corrected chi connectivity index (χ3v) is 4.58. The maximum atomic E-state index is 12.4. The first-order valence-corrected chi connectivity index (χ1v) is 8.78. The lowest BCUT2D eigenvalue weighted by atomic mass is 10.1. The lowest BCUT2D eigenvalue weighted by Crippen LogP contribution is -2.45. The zero-order valence-corrected chi connectivity index (χ0v) is 15.7. The average molecular weight is 377 g/mol. The average Bonchev–Trinajstić information content (AvgIpc) is 3.12. The SMILES string of the molecule is Cc1cc(C(=O)Nc2ccc([C@H]3NC(=O)c4ccc(C)nc4N3C)cc2)on1. The van der Waals surface area contributed by atoms with Gasteiger partial charge in [0.2, 0.25) is 5.76 Å². The van der Waals surface area contributed by atoms with Crippen LogP contribution in [0, 0.1) is 13.8 Å². The third-order valence-electron chi connectivity index (χ3n) is 4.58. The van der Waals surface area contributed by atoms with Crippen LogP contribution in [0.15, 0.2) is 47.0 Å². The van der Waals surface area contributed by atoms with E-state index < -0.39 is 0 Å². The highest BCUT2D eigenvalue weighted by Gasteiger charge is 2.30. The smallest absolute Gasteiger partial charge is 0.294 e. The number of benzene rings is 1. The predicted octanol–water partition coefficient (Wildman–Crippen LogP) is 2.82. The van der Waals surface area contributed by atoms with Gasteiger partial charge in [0.15, 0.2) is 0 Å². The molecule has 0 spiro atoms. The molecule has 8 nitrogen and oxygen atoms in total. The van der Waals surface area contributed by atoms with Gasteiger partial charge in [-0.2, -0.15) is 0 Å². The van der Waals surface area contributed by atoms with E-state index in [-0.39, 0.29) is 23.7 Å². The highest BCUT2D eigenvalue weighted by molar-refractivity contribution is 6.02. The van der Waals surface area contributed by atoms with Crippen molar-refractivity contribution in [2.45, 2.75) is 20.0 Å². The van der Waals surface area contributed by atoms with Gasteiger partial charge in [0.25, 0.3) is 11.8 Å². The molecule has 1 aliphatic heterocycles. The summed E-state index contributed by atoms with van der Waals surface area (Å²) in [6.45, 7) is 3.64. The molecule has 0 bridgehead atoms. The number of nitrogens with one attached hydrogen (secondary N) is 2. The Labute approximate surface area is 161 Å². The first-order valence-electron chi connectivity index (χ1n) is 8.78. The minimum absolute atomic E-state index is 0.152. The van der Waals surface area contributed by atoms with Crippen LogP contribution < -0.4 is 15.5 Å². The number of amides is 2. The van der Waals surface area contributed by atoms with Gasteiger partial charge in [-0.1, -0.05) is 17.3 Å². The molecule has 142 valence electrons. The van der Waals surface area contributed by atoms with Crippen LogP contribution in [0.2, 0.25) is 0 Å². The number of hydrogen-bond donors (Lipinski definition) is 2. The fraction of sp³-hybridized carbons (Fsp3) is 0.200.